The zero-order chi connectivity index (χ0) is 16.9. The first-order chi connectivity index (χ1) is 11.7. The summed E-state index contributed by atoms with van der Waals surface area (Å²) in [5, 5.41) is 2.90. The number of rotatable bonds is 6. The summed E-state index contributed by atoms with van der Waals surface area (Å²) < 4.78 is 10.8. The summed E-state index contributed by atoms with van der Waals surface area (Å²) in [7, 11) is 0. The topological polar surface area (TPSA) is 75.0 Å². The lowest BCUT2D eigenvalue weighted by molar-refractivity contribution is -0.128. The van der Waals surface area contributed by atoms with Gasteiger partial charge in [0.15, 0.2) is 5.76 Å². The van der Waals surface area contributed by atoms with Crippen LogP contribution in [0.1, 0.15) is 29.7 Å². The summed E-state index contributed by atoms with van der Waals surface area (Å²) in [5.41, 5.74) is 0. The average molecular weight is 335 g/mol. The maximum Gasteiger partial charge on any atom is 0.287 e. The second-order valence-electron chi connectivity index (χ2n) is 6.29. The Morgan fingerprint density at radius 3 is 2.79 bits per heavy atom. The van der Waals surface area contributed by atoms with Crippen molar-refractivity contribution in [3.8, 4) is 0 Å². The highest BCUT2D eigenvalue weighted by Crippen LogP contribution is 2.14. The molecular formula is C17H25N3O4. The van der Waals surface area contributed by atoms with Crippen LogP contribution in [0.2, 0.25) is 0 Å². The number of carbonyl (C=O) groups excluding carboxylic acids is 2. The highest BCUT2D eigenvalue weighted by Gasteiger charge is 2.31. The van der Waals surface area contributed by atoms with Crippen LogP contribution in [-0.2, 0) is 16.0 Å². The summed E-state index contributed by atoms with van der Waals surface area (Å²) in [6, 6.07) is 3.34. The molecule has 2 aliphatic heterocycles. The lowest BCUT2D eigenvalue weighted by Crippen LogP contribution is -2.42. The van der Waals surface area contributed by atoms with E-state index in [2.05, 4.69) is 10.2 Å². The fourth-order valence-electron chi connectivity index (χ4n) is 3.12. The Labute approximate surface area is 141 Å². The van der Waals surface area contributed by atoms with Gasteiger partial charge in [-0.25, -0.2) is 0 Å². The normalized spacial score (nSPS) is 22.1. The Hall–Kier alpha value is -1.86. The molecule has 7 nitrogen and oxygen atoms in total. The first kappa shape index (κ1) is 17.0. The number of nitrogens with zero attached hydrogens (tertiary/aromatic N) is 2. The predicted molar refractivity (Wildman–Crippen MR) is 87.8 cm³/mol. The monoisotopic (exact) mass is 335 g/mol. The quantitative estimate of drug-likeness (QED) is 0.820. The molecule has 0 saturated carbocycles. The number of ether oxygens (including phenoxy) is 1. The molecule has 3 rings (SSSR count). The van der Waals surface area contributed by atoms with Crippen LogP contribution in [0.3, 0.4) is 0 Å². The van der Waals surface area contributed by atoms with Gasteiger partial charge in [-0.15, -0.1) is 0 Å². The van der Waals surface area contributed by atoms with Crippen LogP contribution in [0.25, 0.3) is 0 Å². The maximum atomic E-state index is 12.2. The van der Waals surface area contributed by atoms with Crippen molar-refractivity contribution in [2.75, 3.05) is 45.9 Å². The van der Waals surface area contributed by atoms with E-state index < -0.39 is 0 Å². The zero-order valence-corrected chi connectivity index (χ0v) is 14.1. The Kier molecular flexibility index (Phi) is 5.52. The Morgan fingerprint density at radius 1 is 1.29 bits per heavy atom. The molecule has 1 N–H and O–H groups in total. The van der Waals surface area contributed by atoms with Gasteiger partial charge in [0, 0.05) is 45.6 Å². The number of morpholine rings is 1. The molecule has 0 spiro atoms. The minimum absolute atomic E-state index is 0.0993. The number of hydrogen-bond acceptors (Lipinski definition) is 5. The number of likely N-dealkylation sites (tertiary alicyclic amines) is 1. The first-order valence-electron chi connectivity index (χ1n) is 8.63. The molecule has 24 heavy (non-hydrogen) atoms. The molecule has 1 atom stereocenters. The maximum absolute atomic E-state index is 12.2. The number of nitrogens with one attached hydrogen (secondary N) is 1. The zero-order valence-electron chi connectivity index (χ0n) is 14.1. The molecule has 2 amide bonds. The number of hydrogen-bond donors (Lipinski definition) is 1. The second-order valence-corrected chi connectivity index (χ2v) is 6.29. The summed E-state index contributed by atoms with van der Waals surface area (Å²) in [6.07, 6.45) is 1.11. The second kappa shape index (κ2) is 7.81. The molecule has 1 aromatic rings. The van der Waals surface area contributed by atoms with Gasteiger partial charge in [-0.2, -0.15) is 0 Å². The van der Waals surface area contributed by atoms with Crippen molar-refractivity contribution in [2.24, 2.45) is 0 Å². The molecule has 7 heteroatoms. The van der Waals surface area contributed by atoms with Crippen molar-refractivity contribution >= 4 is 11.8 Å². The Morgan fingerprint density at radius 2 is 2.08 bits per heavy atom. The molecule has 0 aromatic carbocycles. The lowest BCUT2D eigenvalue weighted by atomic mass is 10.2. The van der Waals surface area contributed by atoms with Crippen LogP contribution < -0.4 is 5.32 Å². The molecular weight excluding hydrogens is 310 g/mol. The Bertz CT molecular complexity index is 580. The summed E-state index contributed by atoms with van der Waals surface area (Å²) in [4.78, 5) is 28.5. The van der Waals surface area contributed by atoms with Gasteiger partial charge in [0.05, 0.1) is 19.3 Å². The number of carbonyl (C=O) groups is 2. The lowest BCUT2D eigenvalue weighted by Gasteiger charge is -2.28. The van der Waals surface area contributed by atoms with Crippen LogP contribution in [-0.4, -0.2) is 73.6 Å². The minimum atomic E-state index is -0.248. The third-order valence-electron chi connectivity index (χ3n) is 4.57. The van der Waals surface area contributed by atoms with Crippen LogP contribution in [0.15, 0.2) is 16.5 Å². The van der Waals surface area contributed by atoms with Gasteiger partial charge in [0.2, 0.25) is 5.91 Å². The molecule has 0 radical (unpaired) electrons. The van der Waals surface area contributed by atoms with Gasteiger partial charge in [0.25, 0.3) is 5.91 Å². The molecule has 3 heterocycles. The van der Waals surface area contributed by atoms with E-state index >= 15 is 0 Å². The molecule has 2 aliphatic rings. The standard InChI is InChI=1S/C17H25N3O4/c1-2-14-3-4-15(24-14)17(22)18-13-11-16(21)20(12-13)6-5-19-7-9-23-10-8-19/h3-4,13H,2,5-12H2,1H3,(H,18,22). The predicted octanol–water partition coefficient (Wildman–Crippen LogP) is 0.505. The third kappa shape index (κ3) is 4.15. The van der Waals surface area contributed by atoms with Gasteiger partial charge < -0.3 is 19.4 Å². The van der Waals surface area contributed by atoms with E-state index in [0.29, 0.717) is 25.3 Å². The smallest absolute Gasteiger partial charge is 0.287 e. The molecule has 1 unspecified atom stereocenters. The minimum Gasteiger partial charge on any atom is -0.456 e. The van der Waals surface area contributed by atoms with E-state index in [1.165, 1.54) is 0 Å². The van der Waals surface area contributed by atoms with Crippen molar-refractivity contribution in [2.45, 2.75) is 25.8 Å². The van der Waals surface area contributed by atoms with Gasteiger partial charge in [-0.1, -0.05) is 6.92 Å². The van der Waals surface area contributed by atoms with Crippen molar-refractivity contribution in [3.63, 3.8) is 0 Å². The highest BCUT2D eigenvalue weighted by molar-refractivity contribution is 5.92. The molecule has 0 bridgehead atoms. The molecule has 1 aromatic heterocycles. The van der Waals surface area contributed by atoms with Crippen molar-refractivity contribution in [1.29, 1.82) is 0 Å². The van der Waals surface area contributed by atoms with Crippen molar-refractivity contribution in [1.82, 2.24) is 15.1 Å². The average Bonchev–Trinajstić information content (AvgIpc) is 3.20. The van der Waals surface area contributed by atoms with Gasteiger partial charge in [-0.3, -0.25) is 14.5 Å². The molecule has 0 aliphatic carbocycles. The van der Waals surface area contributed by atoms with E-state index in [-0.39, 0.29) is 17.9 Å². The van der Waals surface area contributed by atoms with Crippen LogP contribution in [0.4, 0.5) is 0 Å². The Balaban J connectivity index is 1.46. The van der Waals surface area contributed by atoms with E-state index in [0.717, 1.165) is 45.0 Å². The van der Waals surface area contributed by atoms with Gasteiger partial charge in [-0.05, 0) is 12.1 Å². The fraction of sp³-hybridized carbons (Fsp3) is 0.647. The first-order valence-corrected chi connectivity index (χ1v) is 8.63. The molecule has 132 valence electrons. The number of furan rings is 1. The van der Waals surface area contributed by atoms with Gasteiger partial charge in [0.1, 0.15) is 5.76 Å². The van der Waals surface area contributed by atoms with E-state index in [1.54, 1.807) is 6.07 Å². The van der Waals surface area contributed by atoms with E-state index in [4.69, 9.17) is 9.15 Å². The third-order valence-corrected chi connectivity index (χ3v) is 4.57. The van der Waals surface area contributed by atoms with Crippen LogP contribution >= 0.6 is 0 Å². The fourth-order valence-corrected chi connectivity index (χ4v) is 3.12. The number of aryl methyl sites for hydroxylation is 1. The summed E-state index contributed by atoms with van der Waals surface area (Å²) >= 11 is 0. The largest absolute Gasteiger partial charge is 0.456 e. The summed E-state index contributed by atoms with van der Waals surface area (Å²) in [5.74, 6) is 0.950. The molecule has 2 fully saturated rings. The van der Waals surface area contributed by atoms with E-state index in [9.17, 15) is 9.59 Å². The van der Waals surface area contributed by atoms with Crippen molar-refractivity contribution < 1.29 is 18.7 Å². The highest BCUT2D eigenvalue weighted by atomic mass is 16.5. The molecule has 2 saturated heterocycles. The SMILES string of the molecule is CCc1ccc(C(=O)NC2CC(=O)N(CCN3CCOCC3)C2)o1. The summed E-state index contributed by atoms with van der Waals surface area (Å²) in [6.45, 7) is 7.45. The van der Waals surface area contributed by atoms with Crippen molar-refractivity contribution in [3.05, 3.63) is 23.7 Å². The van der Waals surface area contributed by atoms with Crippen LogP contribution in [0.5, 0.6) is 0 Å². The number of amides is 2. The van der Waals surface area contributed by atoms with Crippen LogP contribution in [0, 0.1) is 0 Å². The van der Waals surface area contributed by atoms with E-state index in [1.807, 2.05) is 17.9 Å². The van der Waals surface area contributed by atoms with Gasteiger partial charge >= 0.3 is 0 Å².